The van der Waals surface area contributed by atoms with Crippen molar-refractivity contribution in [1.29, 1.82) is 0 Å². The smallest absolute Gasteiger partial charge is 0.243 e. The largest absolute Gasteiger partial charge is 0.368 e. The summed E-state index contributed by atoms with van der Waals surface area (Å²) < 4.78 is 27.4. The quantitative estimate of drug-likeness (QED) is 0.708. The third-order valence-electron chi connectivity index (χ3n) is 4.96. The van der Waals surface area contributed by atoms with Gasteiger partial charge in [-0.2, -0.15) is 4.31 Å². The number of aromatic nitrogens is 1. The summed E-state index contributed by atoms with van der Waals surface area (Å²) in [6.45, 7) is 3.53. The Labute approximate surface area is 164 Å². The number of benzene rings is 2. The zero-order valence-electron chi connectivity index (χ0n) is 15.6. The van der Waals surface area contributed by atoms with Gasteiger partial charge >= 0.3 is 0 Å². The lowest BCUT2D eigenvalue weighted by molar-refractivity contribution is -0.114. The van der Waals surface area contributed by atoms with Gasteiger partial charge in [-0.25, -0.2) is 8.42 Å². The Morgan fingerprint density at radius 2 is 1.71 bits per heavy atom. The molecule has 2 heterocycles. The molecule has 1 aliphatic rings. The molecule has 146 valence electrons. The number of H-pyrrole nitrogens is 1. The molecule has 0 radical (unpaired) electrons. The fourth-order valence-electron chi connectivity index (χ4n) is 3.58. The van der Waals surface area contributed by atoms with Crippen LogP contribution in [0.4, 0.5) is 11.4 Å². The number of carbonyl (C=O) groups excluding carboxylic acids is 1. The van der Waals surface area contributed by atoms with E-state index in [0.29, 0.717) is 31.9 Å². The predicted molar refractivity (Wildman–Crippen MR) is 110 cm³/mol. The van der Waals surface area contributed by atoms with Crippen molar-refractivity contribution < 1.29 is 13.2 Å². The van der Waals surface area contributed by atoms with Crippen LogP contribution in [0.2, 0.25) is 0 Å². The third kappa shape index (κ3) is 3.48. The minimum atomic E-state index is -3.56. The Balaban J connectivity index is 1.48. The number of fused-ring (bicyclic) bond motifs is 1. The van der Waals surface area contributed by atoms with E-state index in [9.17, 15) is 13.2 Å². The average molecular weight is 398 g/mol. The van der Waals surface area contributed by atoms with Crippen LogP contribution in [0.5, 0.6) is 0 Å². The fourth-order valence-corrected chi connectivity index (χ4v) is 5.00. The molecule has 0 unspecified atom stereocenters. The summed E-state index contributed by atoms with van der Waals surface area (Å²) in [5.41, 5.74) is 2.78. The topological polar surface area (TPSA) is 85.5 Å². The minimum Gasteiger partial charge on any atom is -0.368 e. The van der Waals surface area contributed by atoms with Gasteiger partial charge in [-0.1, -0.05) is 6.07 Å². The molecular weight excluding hydrogens is 376 g/mol. The van der Waals surface area contributed by atoms with E-state index < -0.39 is 10.0 Å². The van der Waals surface area contributed by atoms with Gasteiger partial charge in [0.2, 0.25) is 15.9 Å². The molecule has 1 aromatic heterocycles. The Bertz CT molecular complexity index is 1100. The van der Waals surface area contributed by atoms with E-state index in [1.165, 1.54) is 23.4 Å². The minimum absolute atomic E-state index is 0.191. The molecule has 2 aromatic carbocycles. The lowest BCUT2D eigenvalue weighted by Gasteiger charge is -2.35. The monoisotopic (exact) mass is 398 g/mol. The number of rotatable bonds is 4. The van der Waals surface area contributed by atoms with Crippen molar-refractivity contribution >= 4 is 38.2 Å². The summed E-state index contributed by atoms with van der Waals surface area (Å²) in [7, 11) is -3.56. The molecule has 1 aliphatic heterocycles. The lowest BCUT2D eigenvalue weighted by Crippen LogP contribution is -2.48. The second-order valence-corrected chi connectivity index (χ2v) is 8.75. The first-order valence-corrected chi connectivity index (χ1v) is 10.6. The number of carbonyl (C=O) groups is 1. The molecule has 8 heteroatoms. The van der Waals surface area contributed by atoms with E-state index in [-0.39, 0.29) is 10.8 Å². The highest BCUT2D eigenvalue weighted by Gasteiger charge is 2.29. The van der Waals surface area contributed by atoms with E-state index in [0.717, 1.165) is 16.6 Å². The maximum Gasteiger partial charge on any atom is 0.243 e. The maximum atomic E-state index is 13.0. The van der Waals surface area contributed by atoms with Crippen molar-refractivity contribution in [1.82, 2.24) is 9.29 Å². The van der Waals surface area contributed by atoms with Gasteiger partial charge < -0.3 is 15.2 Å². The zero-order chi connectivity index (χ0) is 19.7. The van der Waals surface area contributed by atoms with Crippen LogP contribution in [-0.4, -0.2) is 49.8 Å². The third-order valence-corrected chi connectivity index (χ3v) is 6.88. The summed E-state index contributed by atoms with van der Waals surface area (Å²) in [6.07, 6.45) is 1.92. The molecular formula is C20H22N4O3S. The van der Waals surface area contributed by atoms with Crippen LogP contribution in [0.3, 0.4) is 0 Å². The van der Waals surface area contributed by atoms with Crippen LogP contribution in [0, 0.1) is 0 Å². The van der Waals surface area contributed by atoms with Gasteiger partial charge in [-0.15, -0.1) is 0 Å². The molecule has 1 saturated heterocycles. The molecule has 0 bridgehead atoms. The highest BCUT2D eigenvalue weighted by molar-refractivity contribution is 7.89. The summed E-state index contributed by atoms with van der Waals surface area (Å²) >= 11 is 0. The van der Waals surface area contributed by atoms with Gasteiger partial charge in [-0.3, -0.25) is 4.79 Å². The van der Waals surface area contributed by atoms with E-state index in [1.54, 1.807) is 12.1 Å². The number of nitrogens with zero attached hydrogens (tertiary/aromatic N) is 2. The standard InChI is InChI=1S/C20H22N4O3S/c1-15(25)22-16-5-7-17(8-6-16)28(26,27)24-13-11-23(12-14-24)20-4-2-3-19-18(20)9-10-21-19/h2-10,21H,11-14H2,1H3,(H,22,25). The molecule has 3 aromatic rings. The normalized spacial score (nSPS) is 15.7. The first kappa shape index (κ1) is 18.5. The van der Waals surface area contributed by atoms with Crippen molar-refractivity contribution in [2.45, 2.75) is 11.8 Å². The predicted octanol–water partition coefficient (Wildman–Crippen LogP) is 2.64. The van der Waals surface area contributed by atoms with Crippen LogP contribution in [-0.2, 0) is 14.8 Å². The van der Waals surface area contributed by atoms with E-state index in [2.05, 4.69) is 21.3 Å². The molecule has 0 aliphatic carbocycles. The van der Waals surface area contributed by atoms with Crippen molar-refractivity contribution in [3.05, 3.63) is 54.7 Å². The molecule has 1 fully saturated rings. The molecule has 0 spiro atoms. The van der Waals surface area contributed by atoms with Crippen LogP contribution < -0.4 is 10.2 Å². The van der Waals surface area contributed by atoms with Gasteiger partial charge in [0, 0.05) is 61.6 Å². The van der Waals surface area contributed by atoms with E-state index >= 15 is 0 Å². The lowest BCUT2D eigenvalue weighted by atomic mass is 10.2. The number of amides is 1. The number of aromatic amines is 1. The van der Waals surface area contributed by atoms with Gasteiger partial charge in [0.05, 0.1) is 4.90 Å². The zero-order valence-corrected chi connectivity index (χ0v) is 16.4. The molecule has 2 N–H and O–H groups in total. The number of sulfonamides is 1. The number of anilines is 2. The molecule has 7 nitrogen and oxygen atoms in total. The van der Waals surface area contributed by atoms with Gasteiger partial charge in [0.15, 0.2) is 0 Å². The second-order valence-electron chi connectivity index (χ2n) is 6.81. The van der Waals surface area contributed by atoms with Crippen molar-refractivity contribution in [2.75, 3.05) is 36.4 Å². The summed E-state index contributed by atoms with van der Waals surface area (Å²) in [5.74, 6) is -0.191. The van der Waals surface area contributed by atoms with Crippen LogP contribution in [0.1, 0.15) is 6.92 Å². The SMILES string of the molecule is CC(=O)Nc1ccc(S(=O)(=O)N2CCN(c3cccc4[nH]ccc34)CC2)cc1. The van der Waals surface area contributed by atoms with Crippen molar-refractivity contribution in [2.24, 2.45) is 0 Å². The van der Waals surface area contributed by atoms with Crippen molar-refractivity contribution in [3.8, 4) is 0 Å². The number of hydrogen-bond acceptors (Lipinski definition) is 4. The van der Waals surface area contributed by atoms with Gasteiger partial charge in [-0.05, 0) is 42.5 Å². The Hall–Kier alpha value is -2.84. The van der Waals surface area contributed by atoms with E-state index in [4.69, 9.17) is 0 Å². The van der Waals surface area contributed by atoms with E-state index in [1.807, 2.05) is 24.4 Å². The Morgan fingerprint density at radius 3 is 2.39 bits per heavy atom. The van der Waals surface area contributed by atoms with Gasteiger partial charge in [0.1, 0.15) is 0 Å². The summed E-state index contributed by atoms with van der Waals surface area (Å²) in [5, 5.41) is 3.79. The molecule has 28 heavy (non-hydrogen) atoms. The maximum absolute atomic E-state index is 13.0. The first-order chi connectivity index (χ1) is 13.4. The van der Waals surface area contributed by atoms with Crippen LogP contribution in [0.15, 0.2) is 59.6 Å². The number of hydrogen-bond donors (Lipinski definition) is 2. The highest BCUT2D eigenvalue weighted by atomic mass is 32.2. The number of piperazine rings is 1. The second kappa shape index (κ2) is 7.29. The molecule has 0 saturated carbocycles. The summed E-state index contributed by atoms with van der Waals surface area (Å²) in [4.78, 5) is 16.8. The molecule has 0 atom stereocenters. The fraction of sp³-hybridized carbons (Fsp3) is 0.250. The van der Waals surface area contributed by atoms with Gasteiger partial charge in [0.25, 0.3) is 0 Å². The van der Waals surface area contributed by atoms with Crippen LogP contribution in [0.25, 0.3) is 10.9 Å². The van der Waals surface area contributed by atoms with Crippen LogP contribution >= 0.6 is 0 Å². The Kier molecular flexibility index (Phi) is 4.82. The number of nitrogens with one attached hydrogen (secondary N) is 2. The first-order valence-electron chi connectivity index (χ1n) is 9.14. The van der Waals surface area contributed by atoms with Crippen molar-refractivity contribution in [3.63, 3.8) is 0 Å². The highest BCUT2D eigenvalue weighted by Crippen LogP contribution is 2.28. The summed E-state index contributed by atoms with van der Waals surface area (Å²) in [6, 6.07) is 14.4. The average Bonchev–Trinajstić information content (AvgIpc) is 3.17. The molecule has 4 rings (SSSR count). The Morgan fingerprint density at radius 1 is 1.00 bits per heavy atom. The molecule has 1 amide bonds.